The van der Waals surface area contributed by atoms with Crippen LogP contribution in [0.2, 0.25) is 0 Å². The Labute approximate surface area is 101 Å². The van der Waals surface area contributed by atoms with Crippen LogP contribution >= 0.6 is 12.6 Å². The smallest absolute Gasteiger partial charge is 0.0737 e. The van der Waals surface area contributed by atoms with Crippen LogP contribution in [-0.4, -0.2) is 4.98 Å². The number of rotatable bonds is 3. The second kappa shape index (κ2) is 5.52. The topological polar surface area (TPSA) is 12.9 Å². The van der Waals surface area contributed by atoms with Crippen molar-refractivity contribution in [3.05, 3.63) is 65.7 Å². The van der Waals surface area contributed by atoms with Gasteiger partial charge in [0.15, 0.2) is 0 Å². The number of thiol groups is 1. The van der Waals surface area contributed by atoms with Crippen LogP contribution in [0.5, 0.6) is 0 Å². The lowest BCUT2D eigenvalue weighted by Gasteiger charge is -2.06. The minimum atomic E-state index is 0.863. The fraction of sp³-hybridized carbons (Fsp3) is 0.0714. The number of aromatic nitrogens is 1. The lowest BCUT2D eigenvalue weighted by atomic mass is 10.0. The van der Waals surface area contributed by atoms with Crippen molar-refractivity contribution in [3.63, 3.8) is 0 Å². The summed E-state index contributed by atoms with van der Waals surface area (Å²) in [4.78, 5) is 4.44. The van der Waals surface area contributed by atoms with Crippen LogP contribution < -0.4 is 0 Å². The van der Waals surface area contributed by atoms with Crippen molar-refractivity contribution in [2.24, 2.45) is 0 Å². The zero-order valence-electron chi connectivity index (χ0n) is 8.88. The van der Waals surface area contributed by atoms with E-state index in [1.807, 2.05) is 36.5 Å². The maximum absolute atomic E-state index is 4.44. The van der Waals surface area contributed by atoms with E-state index in [1.54, 1.807) is 5.41 Å². The molecule has 0 bridgehead atoms. The molecule has 2 aromatic rings. The van der Waals surface area contributed by atoms with Crippen molar-refractivity contribution in [1.82, 2.24) is 4.98 Å². The Morgan fingerprint density at radius 1 is 1.06 bits per heavy atom. The number of pyridine rings is 1. The standard InChI is InChI=1S/C14H13NS/c16-11-5-9-13-8-4-10-15-14(13)12-6-2-1-3-7-12/h1-8,10-11,16H,9H2. The second-order valence-electron chi connectivity index (χ2n) is 3.47. The minimum absolute atomic E-state index is 0.863. The summed E-state index contributed by atoms with van der Waals surface area (Å²) in [5, 5.41) is 1.77. The summed E-state index contributed by atoms with van der Waals surface area (Å²) in [5.74, 6) is 0. The van der Waals surface area contributed by atoms with Crippen molar-refractivity contribution >= 4 is 12.6 Å². The molecule has 0 unspecified atom stereocenters. The summed E-state index contributed by atoms with van der Waals surface area (Å²) in [6, 6.07) is 14.3. The molecule has 0 saturated heterocycles. The van der Waals surface area contributed by atoms with E-state index in [0.29, 0.717) is 0 Å². The number of hydrogen-bond donors (Lipinski definition) is 1. The van der Waals surface area contributed by atoms with Gasteiger partial charge in [0.2, 0.25) is 0 Å². The molecule has 0 spiro atoms. The van der Waals surface area contributed by atoms with Gasteiger partial charge in [-0.05, 0) is 23.5 Å². The number of hydrogen-bond acceptors (Lipinski definition) is 2. The molecule has 0 aliphatic carbocycles. The monoisotopic (exact) mass is 227 g/mol. The first kappa shape index (κ1) is 11.0. The fourth-order valence-corrected chi connectivity index (χ4v) is 1.74. The van der Waals surface area contributed by atoms with Gasteiger partial charge >= 0.3 is 0 Å². The highest BCUT2D eigenvalue weighted by Gasteiger charge is 2.03. The molecule has 2 rings (SSSR count). The van der Waals surface area contributed by atoms with E-state index in [0.717, 1.165) is 17.7 Å². The van der Waals surface area contributed by atoms with Gasteiger partial charge in [-0.1, -0.05) is 42.5 Å². The first-order valence-corrected chi connectivity index (χ1v) is 5.72. The Morgan fingerprint density at radius 2 is 1.88 bits per heavy atom. The first-order chi connectivity index (χ1) is 7.92. The molecule has 0 amide bonds. The van der Waals surface area contributed by atoms with Gasteiger partial charge in [-0.3, -0.25) is 4.98 Å². The third kappa shape index (κ3) is 2.52. The SMILES string of the molecule is SC=CCc1cccnc1-c1ccccc1. The Balaban J connectivity index is 2.40. The van der Waals surface area contributed by atoms with Gasteiger partial charge in [-0.2, -0.15) is 12.6 Å². The zero-order chi connectivity index (χ0) is 11.2. The number of allylic oxidation sites excluding steroid dienone is 1. The van der Waals surface area contributed by atoms with Crippen LogP contribution in [0.4, 0.5) is 0 Å². The van der Waals surface area contributed by atoms with Crippen LogP contribution in [0, 0.1) is 0 Å². The van der Waals surface area contributed by atoms with Gasteiger partial charge in [-0.25, -0.2) is 0 Å². The van der Waals surface area contributed by atoms with Gasteiger partial charge in [-0.15, -0.1) is 0 Å². The Morgan fingerprint density at radius 3 is 2.62 bits per heavy atom. The first-order valence-electron chi connectivity index (χ1n) is 5.20. The third-order valence-electron chi connectivity index (χ3n) is 2.38. The maximum atomic E-state index is 4.44. The van der Waals surface area contributed by atoms with Crippen LogP contribution in [0.25, 0.3) is 11.3 Å². The van der Waals surface area contributed by atoms with E-state index in [-0.39, 0.29) is 0 Å². The Bertz CT molecular complexity index is 477. The predicted octanol–water partition coefficient (Wildman–Crippen LogP) is 3.73. The van der Waals surface area contributed by atoms with Gasteiger partial charge in [0.1, 0.15) is 0 Å². The Kier molecular flexibility index (Phi) is 3.78. The quantitative estimate of drug-likeness (QED) is 0.788. The van der Waals surface area contributed by atoms with E-state index >= 15 is 0 Å². The van der Waals surface area contributed by atoms with E-state index in [2.05, 4.69) is 35.8 Å². The lowest BCUT2D eigenvalue weighted by Crippen LogP contribution is -1.90. The van der Waals surface area contributed by atoms with E-state index < -0.39 is 0 Å². The fourth-order valence-electron chi connectivity index (χ4n) is 1.64. The molecule has 1 aromatic carbocycles. The average molecular weight is 227 g/mol. The van der Waals surface area contributed by atoms with E-state index in [1.165, 1.54) is 5.56 Å². The Hall–Kier alpha value is -1.54. The van der Waals surface area contributed by atoms with E-state index in [4.69, 9.17) is 0 Å². The van der Waals surface area contributed by atoms with Crippen molar-refractivity contribution < 1.29 is 0 Å². The molecule has 1 nitrogen and oxygen atoms in total. The molecule has 0 atom stereocenters. The summed E-state index contributed by atoms with van der Waals surface area (Å²) >= 11 is 4.07. The van der Waals surface area contributed by atoms with E-state index in [9.17, 15) is 0 Å². The minimum Gasteiger partial charge on any atom is -0.256 e. The summed E-state index contributed by atoms with van der Waals surface area (Å²) in [6.07, 6.45) is 4.71. The van der Waals surface area contributed by atoms with Crippen LogP contribution in [0.15, 0.2) is 60.1 Å². The molecule has 16 heavy (non-hydrogen) atoms. The molecule has 0 saturated carbocycles. The van der Waals surface area contributed by atoms with Gasteiger partial charge in [0.25, 0.3) is 0 Å². The van der Waals surface area contributed by atoms with Gasteiger partial charge in [0, 0.05) is 11.8 Å². The molecule has 0 aliphatic heterocycles. The van der Waals surface area contributed by atoms with Crippen LogP contribution in [0.3, 0.4) is 0 Å². The number of benzene rings is 1. The van der Waals surface area contributed by atoms with Crippen molar-refractivity contribution in [2.45, 2.75) is 6.42 Å². The molecule has 80 valence electrons. The maximum Gasteiger partial charge on any atom is 0.0737 e. The van der Waals surface area contributed by atoms with Crippen LogP contribution in [-0.2, 0) is 6.42 Å². The van der Waals surface area contributed by atoms with Crippen molar-refractivity contribution in [3.8, 4) is 11.3 Å². The molecular formula is C14H13NS. The average Bonchev–Trinajstić information content (AvgIpc) is 2.38. The molecule has 0 N–H and O–H groups in total. The normalized spacial score (nSPS) is 10.8. The summed E-state index contributed by atoms with van der Waals surface area (Å²) < 4.78 is 0. The molecule has 0 fully saturated rings. The molecule has 0 aliphatic rings. The molecule has 1 heterocycles. The molecule has 2 heteroatoms. The third-order valence-corrected chi connectivity index (χ3v) is 2.59. The van der Waals surface area contributed by atoms with Crippen molar-refractivity contribution in [2.75, 3.05) is 0 Å². The largest absolute Gasteiger partial charge is 0.256 e. The summed E-state index contributed by atoms with van der Waals surface area (Å²) in [7, 11) is 0. The van der Waals surface area contributed by atoms with Gasteiger partial charge < -0.3 is 0 Å². The highest BCUT2D eigenvalue weighted by molar-refractivity contribution is 7.83. The predicted molar refractivity (Wildman–Crippen MR) is 71.5 cm³/mol. The van der Waals surface area contributed by atoms with Gasteiger partial charge in [0.05, 0.1) is 5.69 Å². The summed E-state index contributed by atoms with van der Waals surface area (Å²) in [6.45, 7) is 0. The lowest BCUT2D eigenvalue weighted by molar-refractivity contribution is 1.20. The zero-order valence-corrected chi connectivity index (χ0v) is 9.77. The molecule has 0 radical (unpaired) electrons. The van der Waals surface area contributed by atoms with Crippen molar-refractivity contribution in [1.29, 1.82) is 0 Å². The highest BCUT2D eigenvalue weighted by atomic mass is 32.1. The molecule has 1 aromatic heterocycles. The summed E-state index contributed by atoms with van der Waals surface area (Å²) in [5.41, 5.74) is 3.43. The number of nitrogens with zero attached hydrogens (tertiary/aromatic N) is 1. The molecular weight excluding hydrogens is 214 g/mol. The highest BCUT2D eigenvalue weighted by Crippen LogP contribution is 2.21. The van der Waals surface area contributed by atoms with Crippen LogP contribution in [0.1, 0.15) is 5.56 Å². The second-order valence-corrected chi connectivity index (χ2v) is 3.76.